The summed E-state index contributed by atoms with van der Waals surface area (Å²) in [7, 11) is 0. The van der Waals surface area contributed by atoms with E-state index in [2.05, 4.69) is 72.0 Å². The molecule has 0 saturated carbocycles. The number of fused-ring (bicyclic) bond motifs is 2. The van der Waals surface area contributed by atoms with Crippen molar-refractivity contribution in [1.29, 1.82) is 0 Å². The number of nitrogens with one attached hydrogen (secondary N) is 1. The number of rotatable bonds is 3. The van der Waals surface area contributed by atoms with Gasteiger partial charge in [-0.3, -0.25) is 0 Å². The Bertz CT molecular complexity index is 1110. The lowest BCUT2D eigenvalue weighted by Gasteiger charge is -2.26. The van der Waals surface area contributed by atoms with Crippen LogP contribution in [0.5, 0.6) is 0 Å². The molecule has 0 saturated heterocycles. The Morgan fingerprint density at radius 2 is 1.83 bits per heavy atom. The molecular weight excluding hydrogens is 358 g/mol. The monoisotopic (exact) mass is 385 g/mol. The van der Waals surface area contributed by atoms with Crippen molar-refractivity contribution in [3.05, 3.63) is 83.4 Å². The van der Waals surface area contributed by atoms with Crippen LogP contribution in [0.4, 0.5) is 5.82 Å². The number of hydrogen-bond acceptors (Lipinski definition) is 3. The van der Waals surface area contributed by atoms with Gasteiger partial charge in [0, 0.05) is 18.7 Å². The normalized spacial score (nSPS) is 16.6. The summed E-state index contributed by atoms with van der Waals surface area (Å²) in [5.74, 6) is 1.92. The molecule has 148 valence electrons. The first-order chi connectivity index (χ1) is 14.0. The highest BCUT2D eigenvalue weighted by Crippen LogP contribution is 2.32. The van der Waals surface area contributed by atoms with Gasteiger partial charge in [-0.2, -0.15) is 0 Å². The maximum absolute atomic E-state index is 5.98. The van der Waals surface area contributed by atoms with Gasteiger partial charge in [-0.05, 0) is 47.2 Å². The molecule has 2 aromatic heterocycles. The fourth-order valence-electron chi connectivity index (χ4n) is 4.12. The number of oxazole rings is 1. The Kier molecular flexibility index (Phi) is 4.23. The highest BCUT2D eigenvalue weighted by atomic mass is 16.3. The molecule has 0 radical (unpaired) electrons. The summed E-state index contributed by atoms with van der Waals surface area (Å²) < 4.78 is 8.37. The third-order valence-corrected chi connectivity index (χ3v) is 5.85. The van der Waals surface area contributed by atoms with Crippen molar-refractivity contribution < 1.29 is 4.42 Å². The molecule has 4 nitrogen and oxygen atoms in total. The van der Waals surface area contributed by atoms with Crippen LogP contribution in [0.2, 0.25) is 0 Å². The van der Waals surface area contributed by atoms with Crippen molar-refractivity contribution in [1.82, 2.24) is 9.55 Å². The zero-order valence-electron chi connectivity index (χ0n) is 17.3. The molecule has 0 bridgehead atoms. The molecule has 1 unspecified atom stereocenters. The van der Waals surface area contributed by atoms with Crippen molar-refractivity contribution in [2.45, 2.75) is 51.6 Å². The summed E-state index contributed by atoms with van der Waals surface area (Å²) in [6.07, 6.45) is 1.91. The molecule has 2 aromatic carbocycles. The van der Waals surface area contributed by atoms with E-state index in [0.717, 1.165) is 42.2 Å². The number of nitrogens with zero attached hydrogens (tertiary/aromatic N) is 2. The van der Waals surface area contributed by atoms with Gasteiger partial charge in [0.25, 0.3) is 0 Å². The van der Waals surface area contributed by atoms with Gasteiger partial charge < -0.3 is 14.3 Å². The topological polar surface area (TPSA) is 43.0 Å². The average molecular weight is 386 g/mol. The van der Waals surface area contributed by atoms with E-state index in [9.17, 15) is 0 Å². The quantitative estimate of drug-likeness (QED) is 0.465. The predicted molar refractivity (Wildman–Crippen MR) is 117 cm³/mol. The fourth-order valence-corrected chi connectivity index (χ4v) is 4.12. The van der Waals surface area contributed by atoms with Gasteiger partial charge in [-0.1, -0.05) is 57.2 Å². The summed E-state index contributed by atoms with van der Waals surface area (Å²) in [6.45, 7) is 7.73. The summed E-state index contributed by atoms with van der Waals surface area (Å²) in [6, 6.07) is 21.5. The SMILES string of the molecule is CC(C)(C)c1ccc(Cc2ccc3n2CCC(c2nc4ccccc4o2)N3)cc1. The van der Waals surface area contributed by atoms with Crippen LogP contribution in [0.15, 0.2) is 65.1 Å². The summed E-state index contributed by atoms with van der Waals surface area (Å²) >= 11 is 0. The van der Waals surface area contributed by atoms with Crippen LogP contribution in [0.25, 0.3) is 11.1 Å². The molecule has 4 heteroatoms. The van der Waals surface area contributed by atoms with Crippen LogP contribution in [0.3, 0.4) is 0 Å². The molecule has 0 fully saturated rings. The molecule has 0 spiro atoms. The largest absolute Gasteiger partial charge is 0.438 e. The zero-order valence-corrected chi connectivity index (χ0v) is 17.3. The Morgan fingerprint density at radius 3 is 2.59 bits per heavy atom. The van der Waals surface area contributed by atoms with Crippen LogP contribution in [0.1, 0.15) is 55.9 Å². The second-order valence-corrected chi connectivity index (χ2v) is 8.99. The lowest BCUT2D eigenvalue weighted by molar-refractivity contribution is 0.437. The third-order valence-electron chi connectivity index (χ3n) is 5.85. The average Bonchev–Trinajstić information content (AvgIpc) is 3.31. The van der Waals surface area contributed by atoms with Crippen LogP contribution >= 0.6 is 0 Å². The molecule has 0 aliphatic carbocycles. The van der Waals surface area contributed by atoms with Gasteiger partial charge in [0.2, 0.25) is 5.89 Å². The minimum Gasteiger partial charge on any atom is -0.438 e. The molecule has 0 amide bonds. The van der Waals surface area contributed by atoms with Crippen LogP contribution in [-0.4, -0.2) is 9.55 Å². The molecular formula is C25H27N3O. The number of anilines is 1. The van der Waals surface area contributed by atoms with E-state index in [-0.39, 0.29) is 11.5 Å². The molecule has 29 heavy (non-hydrogen) atoms. The maximum atomic E-state index is 5.98. The molecule has 1 aliphatic rings. The van der Waals surface area contributed by atoms with Crippen LogP contribution in [-0.2, 0) is 18.4 Å². The molecule has 1 N–H and O–H groups in total. The first kappa shape index (κ1) is 18.0. The minimum absolute atomic E-state index is 0.115. The highest BCUT2D eigenvalue weighted by molar-refractivity contribution is 5.72. The number of aromatic nitrogens is 2. The van der Waals surface area contributed by atoms with E-state index in [4.69, 9.17) is 4.42 Å². The first-order valence-electron chi connectivity index (χ1n) is 10.4. The smallest absolute Gasteiger partial charge is 0.218 e. The summed E-state index contributed by atoms with van der Waals surface area (Å²) in [4.78, 5) is 4.67. The lowest BCUT2D eigenvalue weighted by atomic mass is 9.86. The molecule has 1 atom stereocenters. The third kappa shape index (κ3) is 3.44. The molecule has 1 aliphatic heterocycles. The summed E-state index contributed by atoms with van der Waals surface area (Å²) in [5, 5.41) is 3.62. The van der Waals surface area contributed by atoms with Gasteiger partial charge in [0.1, 0.15) is 17.4 Å². The van der Waals surface area contributed by atoms with Crippen molar-refractivity contribution in [3.8, 4) is 0 Å². The van der Waals surface area contributed by atoms with E-state index >= 15 is 0 Å². The number of para-hydroxylation sites is 2. The van der Waals surface area contributed by atoms with Crippen LogP contribution < -0.4 is 5.32 Å². The molecule has 4 aromatic rings. The van der Waals surface area contributed by atoms with E-state index in [1.54, 1.807) is 0 Å². The van der Waals surface area contributed by atoms with E-state index < -0.39 is 0 Å². The zero-order chi connectivity index (χ0) is 20.0. The predicted octanol–water partition coefficient (Wildman–Crippen LogP) is 6.07. The Balaban J connectivity index is 1.34. The van der Waals surface area contributed by atoms with Gasteiger partial charge in [0.15, 0.2) is 5.58 Å². The van der Waals surface area contributed by atoms with Gasteiger partial charge in [-0.15, -0.1) is 0 Å². The fraction of sp³-hybridized carbons (Fsp3) is 0.320. The number of benzene rings is 2. The maximum Gasteiger partial charge on any atom is 0.218 e. The van der Waals surface area contributed by atoms with Crippen molar-refractivity contribution in [3.63, 3.8) is 0 Å². The standard InChI is InChI=1S/C25H27N3O/c1-25(2,3)18-10-8-17(9-11-18)16-19-12-13-23-26-21(14-15-28(19)23)24-27-20-6-4-5-7-22(20)29-24/h4-13,21,26H,14-16H2,1-3H3. The van der Waals surface area contributed by atoms with Gasteiger partial charge >= 0.3 is 0 Å². The van der Waals surface area contributed by atoms with Gasteiger partial charge in [-0.25, -0.2) is 4.98 Å². The van der Waals surface area contributed by atoms with Crippen molar-refractivity contribution >= 4 is 16.9 Å². The lowest BCUT2D eigenvalue weighted by Crippen LogP contribution is -2.23. The van der Waals surface area contributed by atoms with E-state index in [0.29, 0.717) is 0 Å². The highest BCUT2D eigenvalue weighted by Gasteiger charge is 2.25. The summed E-state index contributed by atoms with van der Waals surface area (Å²) in [5.41, 5.74) is 6.03. The van der Waals surface area contributed by atoms with E-state index in [1.165, 1.54) is 16.8 Å². The van der Waals surface area contributed by atoms with Crippen molar-refractivity contribution in [2.75, 3.05) is 5.32 Å². The molecule has 5 rings (SSSR count). The van der Waals surface area contributed by atoms with Gasteiger partial charge in [0.05, 0.1) is 0 Å². The Hall–Kier alpha value is -3.01. The Labute approximate surface area is 171 Å². The Morgan fingerprint density at radius 1 is 1.03 bits per heavy atom. The van der Waals surface area contributed by atoms with Crippen molar-refractivity contribution in [2.24, 2.45) is 0 Å². The minimum atomic E-state index is 0.115. The second-order valence-electron chi connectivity index (χ2n) is 8.99. The van der Waals surface area contributed by atoms with Crippen LogP contribution in [0, 0.1) is 0 Å². The first-order valence-corrected chi connectivity index (χ1v) is 10.4. The number of hydrogen-bond donors (Lipinski definition) is 1. The molecule has 3 heterocycles. The van der Waals surface area contributed by atoms with E-state index in [1.807, 2.05) is 24.3 Å². The second kappa shape index (κ2) is 6.80.